The molecule has 3 heteroatoms. The smallest absolute Gasteiger partial charge is 0.0615 e. The molecular weight excluding hydrogens is 200 g/mol. The average molecular weight is 228 g/mol. The van der Waals surface area contributed by atoms with Crippen molar-refractivity contribution in [2.24, 2.45) is 11.7 Å². The van der Waals surface area contributed by atoms with Gasteiger partial charge in [0.05, 0.1) is 6.61 Å². The predicted molar refractivity (Wildman–Crippen MR) is 68.5 cm³/mol. The Morgan fingerprint density at radius 1 is 1.56 bits per heavy atom. The molecule has 3 unspecified atom stereocenters. The zero-order valence-electron chi connectivity index (χ0n) is 11.3. The molecule has 1 rings (SSSR count). The molecule has 2 N–H and O–H groups in total. The first-order chi connectivity index (χ1) is 7.62. The standard InChI is InChI=1S/C13H28N2O/c1-5-15(12(3)9-16-4)13(10-14)8-6-7-11(13)2/h11-12H,5-10,14H2,1-4H3. The van der Waals surface area contributed by atoms with Crippen LogP contribution in [-0.2, 0) is 4.74 Å². The van der Waals surface area contributed by atoms with E-state index in [9.17, 15) is 0 Å². The maximum absolute atomic E-state index is 6.09. The maximum atomic E-state index is 6.09. The molecule has 0 aliphatic heterocycles. The number of rotatable bonds is 6. The lowest BCUT2D eigenvalue weighted by atomic mass is 9.85. The van der Waals surface area contributed by atoms with Gasteiger partial charge in [0, 0.05) is 25.2 Å². The van der Waals surface area contributed by atoms with E-state index >= 15 is 0 Å². The summed E-state index contributed by atoms with van der Waals surface area (Å²) in [7, 11) is 1.78. The fourth-order valence-corrected chi connectivity index (χ4v) is 3.47. The first-order valence-electron chi connectivity index (χ1n) is 6.58. The molecule has 1 saturated carbocycles. The Hall–Kier alpha value is -0.120. The Labute approximate surface area is 100 Å². The van der Waals surface area contributed by atoms with Crippen LogP contribution in [0.5, 0.6) is 0 Å². The largest absolute Gasteiger partial charge is 0.383 e. The van der Waals surface area contributed by atoms with Gasteiger partial charge in [0.25, 0.3) is 0 Å². The first kappa shape index (κ1) is 13.9. The van der Waals surface area contributed by atoms with Gasteiger partial charge in [0.1, 0.15) is 0 Å². The second-order valence-electron chi connectivity index (χ2n) is 5.19. The van der Waals surface area contributed by atoms with E-state index in [2.05, 4.69) is 25.7 Å². The molecule has 3 nitrogen and oxygen atoms in total. The topological polar surface area (TPSA) is 38.5 Å². The fraction of sp³-hybridized carbons (Fsp3) is 1.00. The molecule has 0 bridgehead atoms. The third-order valence-electron chi connectivity index (χ3n) is 4.37. The number of nitrogens with zero attached hydrogens (tertiary/aromatic N) is 1. The Bertz CT molecular complexity index is 210. The van der Waals surface area contributed by atoms with Gasteiger partial charge in [-0.3, -0.25) is 4.90 Å². The highest BCUT2D eigenvalue weighted by Crippen LogP contribution is 2.40. The summed E-state index contributed by atoms with van der Waals surface area (Å²) in [6.07, 6.45) is 3.87. The van der Waals surface area contributed by atoms with Gasteiger partial charge >= 0.3 is 0 Å². The summed E-state index contributed by atoms with van der Waals surface area (Å²) in [4.78, 5) is 2.56. The molecule has 1 aliphatic rings. The van der Waals surface area contributed by atoms with Crippen molar-refractivity contribution in [2.75, 3.05) is 26.8 Å². The Kier molecular flexibility index (Phi) is 5.22. The highest BCUT2D eigenvalue weighted by atomic mass is 16.5. The molecule has 1 fully saturated rings. The van der Waals surface area contributed by atoms with Crippen LogP contribution in [0, 0.1) is 5.92 Å². The van der Waals surface area contributed by atoms with Crippen LogP contribution in [0.25, 0.3) is 0 Å². The molecule has 0 spiro atoms. The number of ether oxygens (including phenoxy) is 1. The van der Waals surface area contributed by atoms with Gasteiger partial charge in [-0.15, -0.1) is 0 Å². The van der Waals surface area contributed by atoms with E-state index in [0.717, 1.165) is 19.7 Å². The van der Waals surface area contributed by atoms with Crippen LogP contribution >= 0.6 is 0 Å². The van der Waals surface area contributed by atoms with Crippen molar-refractivity contribution in [2.45, 2.75) is 51.6 Å². The minimum atomic E-state index is 0.215. The molecule has 0 aromatic rings. The van der Waals surface area contributed by atoms with Crippen LogP contribution in [0.4, 0.5) is 0 Å². The van der Waals surface area contributed by atoms with Crippen molar-refractivity contribution in [1.29, 1.82) is 0 Å². The molecule has 3 atom stereocenters. The van der Waals surface area contributed by atoms with Crippen molar-refractivity contribution in [3.05, 3.63) is 0 Å². The SMILES string of the molecule is CCN(C(C)COC)C1(CN)CCCC1C. The van der Waals surface area contributed by atoms with Gasteiger partial charge in [-0.25, -0.2) is 0 Å². The van der Waals surface area contributed by atoms with Gasteiger partial charge in [0.15, 0.2) is 0 Å². The molecule has 0 saturated heterocycles. The Morgan fingerprint density at radius 3 is 2.62 bits per heavy atom. The van der Waals surface area contributed by atoms with Crippen LogP contribution in [0.3, 0.4) is 0 Å². The number of likely N-dealkylation sites (N-methyl/N-ethyl adjacent to an activating group) is 1. The predicted octanol–water partition coefficient (Wildman–Crippen LogP) is 1.86. The van der Waals surface area contributed by atoms with Gasteiger partial charge < -0.3 is 10.5 Å². The zero-order chi connectivity index (χ0) is 12.2. The van der Waals surface area contributed by atoms with E-state index in [-0.39, 0.29) is 5.54 Å². The summed E-state index contributed by atoms with van der Waals surface area (Å²) in [6.45, 7) is 9.45. The lowest BCUT2D eigenvalue weighted by Gasteiger charge is -2.46. The second-order valence-corrected chi connectivity index (χ2v) is 5.19. The van der Waals surface area contributed by atoms with E-state index in [1.165, 1.54) is 19.3 Å². The van der Waals surface area contributed by atoms with Crippen LogP contribution in [0.2, 0.25) is 0 Å². The fourth-order valence-electron chi connectivity index (χ4n) is 3.47. The Morgan fingerprint density at radius 2 is 2.25 bits per heavy atom. The minimum absolute atomic E-state index is 0.215. The second kappa shape index (κ2) is 5.99. The summed E-state index contributed by atoms with van der Waals surface area (Å²) in [5.41, 5.74) is 6.30. The molecule has 0 aromatic carbocycles. The lowest BCUT2D eigenvalue weighted by molar-refractivity contribution is 0.00209. The lowest BCUT2D eigenvalue weighted by Crippen LogP contribution is -2.59. The van der Waals surface area contributed by atoms with E-state index in [0.29, 0.717) is 12.0 Å². The minimum Gasteiger partial charge on any atom is -0.383 e. The highest BCUT2D eigenvalue weighted by Gasteiger charge is 2.44. The van der Waals surface area contributed by atoms with E-state index in [1.54, 1.807) is 7.11 Å². The quantitative estimate of drug-likeness (QED) is 0.754. The third kappa shape index (κ3) is 2.41. The van der Waals surface area contributed by atoms with Crippen molar-refractivity contribution < 1.29 is 4.74 Å². The highest BCUT2D eigenvalue weighted by molar-refractivity contribution is 5.01. The molecule has 96 valence electrons. The molecule has 0 aromatic heterocycles. The summed E-state index contributed by atoms with van der Waals surface area (Å²) in [5.74, 6) is 0.705. The number of hydrogen-bond acceptors (Lipinski definition) is 3. The van der Waals surface area contributed by atoms with Crippen LogP contribution in [0.15, 0.2) is 0 Å². The summed E-state index contributed by atoms with van der Waals surface area (Å²) < 4.78 is 5.29. The van der Waals surface area contributed by atoms with Gasteiger partial charge in [-0.2, -0.15) is 0 Å². The zero-order valence-corrected chi connectivity index (χ0v) is 11.3. The summed E-state index contributed by atoms with van der Waals surface area (Å²) >= 11 is 0. The number of hydrogen-bond donors (Lipinski definition) is 1. The van der Waals surface area contributed by atoms with Crippen molar-refractivity contribution in [3.8, 4) is 0 Å². The molecule has 1 aliphatic carbocycles. The monoisotopic (exact) mass is 228 g/mol. The summed E-state index contributed by atoms with van der Waals surface area (Å²) in [5, 5.41) is 0. The van der Waals surface area contributed by atoms with Crippen molar-refractivity contribution >= 4 is 0 Å². The van der Waals surface area contributed by atoms with Gasteiger partial charge in [-0.05, 0) is 32.2 Å². The maximum Gasteiger partial charge on any atom is 0.0615 e. The molecule has 0 amide bonds. The molecule has 16 heavy (non-hydrogen) atoms. The van der Waals surface area contributed by atoms with E-state index < -0.39 is 0 Å². The van der Waals surface area contributed by atoms with Gasteiger partial charge in [0.2, 0.25) is 0 Å². The van der Waals surface area contributed by atoms with E-state index in [1.807, 2.05) is 0 Å². The van der Waals surface area contributed by atoms with E-state index in [4.69, 9.17) is 10.5 Å². The first-order valence-corrected chi connectivity index (χ1v) is 6.58. The number of methoxy groups -OCH3 is 1. The van der Waals surface area contributed by atoms with Crippen molar-refractivity contribution in [3.63, 3.8) is 0 Å². The number of nitrogens with two attached hydrogens (primary N) is 1. The van der Waals surface area contributed by atoms with Crippen LogP contribution < -0.4 is 5.73 Å². The Balaban J connectivity index is 2.82. The van der Waals surface area contributed by atoms with Crippen LogP contribution in [0.1, 0.15) is 40.0 Å². The third-order valence-corrected chi connectivity index (χ3v) is 4.37. The van der Waals surface area contributed by atoms with Crippen LogP contribution in [-0.4, -0.2) is 43.3 Å². The summed E-state index contributed by atoms with van der Waals surface area (Å²) in [6, 6.07) is 0.457. The molecule has 0 radical (unpaired) electrons. The normalized spacial score (nSPS) is 32.2. The molecular formula is C13H28N2O. The molecule has 0 heterocycles. The van der Waals surface area contributed by atoms with Crippen molar-refractivity contribution in [1.82, 2.24) is 4.90 Å². The average Bonchev–Trinajstić information content (AvgIpc) is 2.63. The van der Waals surface area contributed by atoms with Gasteiger partial charge in [-0.1, -0.05) is 20.3 Å².